The average molecular weight is 528 g/mol. The molecule has 1 aromatic rings. The summed E-state index contributed by atoms with van der Waals surface area (Å²) in [6.45, 7) is 16.2. The zero-order valence-electron chi connectivity index (χ0n) is 23.7. The van der Waals surface area contributed by atoms with E-state index < -0.39 is 0 Å². The zero-order chi connectivity index (χ0) is 27.5. The zero-order valence-corrected chi connectivity index (χ0v) is 23.7. The molecule has 1 atom stereocenters. The Morgan fingerprint density at radius 2 is 1.76 bits per heavy atom. The van der Waals surface area contributed by atoms with E-state index in [9.17, 15) is 9.59 Å². The molecule has 1 aromatic carbocycles. The van der Waals surface area contributed by atoms with Gasteiger partial charge in [0, 0.05) is 40.1 Å². The molecule has 3 aliphatic rings. The third-order valence-corrected chi connectivity index (χ3v) is 7.83. The van der Waals surface area contributed by atoms with Gasteiger partial charge >= 0.3 is 0 Å². The number of hydrogen-bond donors (Lipinski definition) is 3. The predicted molar refractivity (Wildman–Crippen MR) is 163 cm³/mol. The topological polar surface area (TPSA) is 79.5 Å². The monoisotopic (exact) mass is 527 g/mol. The second-order valence-corrected chi connectivity index (χ2v) is 11.1. The molecule has 6 heteroatoms. The van der Waals surface area contributed by atoms with Crippen LogP contribution in [0, 0.1) is 11.8 Å². The number of nitrogens with one attached hydrogen (secondary N) is 3. The first-order valence-corrected chi connectivity index (χ1v) is 14.4. The standard InChI is InChI=1S/C26H35N3O2.C6H12O.3H2/c1-5-22(17(2)3)26(31)29-25(19-11-9-7-6-8-10-12-19)18(4)27-21-14-13-20-15-24(30)28-23(20)16-21;1-6-2-4-7-5-3-6;;;/h5,13-14,16,19,25,27H,2,4,6-12,15H2,1,3H3,(H,28,30)(H,29,31);6H,2-5H2,1H3;3*1H/b22-5+;;;;. The normalized spacial score (nSPS) is 19.6. The van der Waals surface area contributed by atoms with Crippen molar-refractivity contribution in [3.05, 3.63) is 59.8 Å². The number of hydrogen-bond acceptors (Lipinski definition) is 4. The van der Waals surface area contributed by atoms with Gasteiger partial charge in [-0.1, -0.05) is 64.3 Å². The highest BCUT2D eigenvalue weighted by Crippen LogP contribution is 2.31. The maximum absolute atomic E-state index is 13.0. The summed E-state index contributed by atoms with van der Waals surface area (Å²) in [5, 5.41) is 9.55. The van der Waals surface area contributed by atoms with Gasteiger partial charge in [0.05, 0.1) is 12.5 Å². The summed E-state index contributed by atoms with van der Waals surface area (Å²) < 4.78 is 5.14. The first kappa shape index (κ1) is 29.7. The fourth-order valence-electron chi connectivity index (χ4n) is 5.47. The van der Waals surface area contributed by atoms with Crippen molar-refractivity contribution in [1.29, 1.82) is 0 Å². The molecular formula is C32H53N3O3. The predicted octanol–water partition coefficient (Wildman–Crippen LogP) is 7.65. The van der Waals surface area contributed by atoms with Crippen LogP contribution in [0.5, 0.6) is 0 Å². The molecule has 2 heterocycles. The van der Waals surface area contributed by atoms with Gasteiger partial charge < -0.3 is 20.7 Å². The quantitative estimate of drug-likeness (QED) is 0.251. The van der Waals surface area contributed by atoms with Crippen LogP contribution >= 0.6 is 0 Å². The first-order valence-electron chi connectivity index (χ1n) is 14.4. The van der Waals surface area contributed by atoms with Gasteiger partial charge in [-0.05, 0) is 74.6 Å². The van der Waals surface area contributed by atoms with Crippen LogP contribution < -0.4 is 16.0 Å². The van der Waals surface area contributed by atoms with E-state index >= 15 is 0 Å². The van der Waals surface area contributed by atoms with Gasteiger partial charge in [-0.2, -0.15) is 0 Å². The van der Waals surface area contributed by atoms with E-state index in [1.54, 1.807) is 0 Å². The molecule has 1 unspecified atom stereocenters. The van der Waals surface area contributed by atoms with E-state index in [0.29, 0.717) is 17.9 Å². The lowest BCUT2D eigenvalue weighted by molar-refractivity contribution is -0.118. The molecule has 0 aromatic heterocycles. The van der Waals surface area contributed by atoms with Crippen molar-refractivity contribution >= 4 is 23.2 Å². The Labute approximate surface area is 233 Å². The Hall–Kier alpha value is -2.86. The van der Waals surface area contributed by atoms with Gasteiger partial charge in [0.25, 0.3) is 5.91 Å². The molecular weight excluding hydrogens is 474 g/mol. The molecule has 38 heavy (non-hydrogen) atoms. The third-order valence-electron chi connectivity index (χ3n) is 7.83. The summed E-state index contributed by atoms with van der Waals surface area (Å²) in [4.78, 5) is 24.7. The van der Waals surface area contributed by atoms with E-state index in [4.69, 9.17) is 4.74 Å². The summed E-state index contributed by atoms with van der Waals surface area (Å²) in [7, 11) is 0. The average Bonchev–Trinajstić information content (AvgIpc) is 3.23. The van der Waals surface area contributed by atoms with E-state index in [0.717, 1.165) is 60.2 Å². The summed E-state index contributed by atoms with van der Waals surface area (Å²) >= 11 is 0. The maximum Gasteiger partial charge on any atom is 0.251 e. The largest absolute Gasteiger partial charge is 0.381 e. The minimum atomic E-state index is -0.178. The molecule has 0 radical (unpaired) electrons. The minimum Gasteiger partial charge on any atom is -0.381 e. The lowest BCUT2D eigenvalue weighted by Gasteiger charge is -2.32. The van der Waals surface area contributed by atoms with Gasteiger partial charge in [0.15, 0.2) is 0 Å². The van der Waals surface area contributed by atoms with Crippen LogP contribution in [0.4, 0.5) is 11.4 Å². The smallest absolute Gasteiger partial charge is 0.251 e. The van der Waals surface area contributed by atoms with Crippen molar-refractivity contribution in [1.82, 2.24) is 5.32 Å². The van der Waals surface area contributed by atoms with Gasteiger partial charge in [-0.3, -0.25) is 9.59 Å². The van der Waals surface area contributed by atoms with Crippen molar-refractivity contribution in [3.8, 4) is 0 Å². The Balaban J connectivity index is 0.00000140. The van der Waals surface area contributed by atoms with Crippen LogP contribution in [0.15, 0.2) is 54.3 Å². The SMILES string of the molecule is C=C(C)/C(=C\C)C(=O)NC(C(=C)Nc1ccc2c(c1)NC(=O)C2)C1CCCCCCC1.CC1CCOCC1.[HH].[HH].[HH]. The molecule has 2 fully saturated rings. The highest BCUT2D eigenvalue weighted by molar-refractivity contribution is 6.00. The van der Waals surface area contributed by atoms with Crippen LogP contribution in [-0.2, 0) is 20.7 Å². The molecule has 0 spiro atoms. The van der Waals surface area contributed by atoms with Crippen LogP contribution in [0.25, 0.3) is 0 Å². The molecule has 1 aliphatic carbocycles. The highest BCUT2D eigenvalue weighted by Gasteiger charge is 2.28. The molecule has 1 saturated heterocycles. The van der Waals surface area contributed by atoms with Gasteiger partial charge in [0.2, 0.25) is 5.91 Å². The number of rotatable bonds is 7. The fraction of sp³-hybridized carbons (Fsp3) is 0.562. The number of benzene rings is 1. The van der Waals surface area contributed by atoms with Crippen molar-refractivity contribution in [2.24, 2.45) is 11.8 Å². The summed E-state index contributed by atoms with van der Waals surface area (Å²) in [5.74, 6) is 1.16. The number of carbonyl (C=O) groups is 2. The molecule has 214 valence electrons. The van der Waals surface area contributed by atoms with Gasteiger partial charge in [-0.25, -0.2) is 0 Å². The number of anilines is 2. The molecule has 1 saturated carbocycles. The van der Waals surface area contributed by atoms with Crippen LogP contribution in [-0.4, -0.2) is 31.1 Å². The second kappa shape index (κ2) is 14.9. The number of amides is 2. The number of ether oxygens (including phenoxy) is 1. The van der Waals surface area contributed by atoms with E-state index in [1.165, 1.54) is 44.9 Å². The minimum absolute atomic E-state index is 0. The molecule has 2 amide bonds. The van der Waals surface area contributed by atoms with Crippen LogP contribution in [0.3, 0.4) is 0 Å². The molecule has 0 bridgehead atoms. The molecule has 6 nitrogen and oxygen atoms in total. The lowest BCUT2D eigenvalue weighted by atomic mass is 9.84. The second-order valence-electron chi connectivity index (χ2n) is 11.1. The Kier molecular flexibility index (Phi) is 11.7. The Morgan fingerprint density at radius 3 is 2.34 bits per heavy atom. The van der Waals surface area contributed by atoms with Crippen molar-refractivity contribution in [2.45, 2.75) is 91.0 Å². The van der Waals surface area contributed by atoms with Crippen molar-refractivity contribution in [3.63, 3.8) is 0 Å². The van der Waals surface area contributed by atoms with E-state index in [-0.39, 0.29) is 22.1 Å². The molecule has 4 rings (SSSR count). The van der Waals surface area contributed by atoms with Crippen molar-refractivity contribution in [2.75, 3.05) is 23.8 Å². The lowest BCUT2D eigenvalue weighted by Crippen LogP contribution is -2.44. The Bertz CT molecular complexity index is 1030. The summed E-state index contributed by atoms with van der Waals surface area (Å²) in [6.07, 6.45) is 13.0. The van der Waals surface area contributed by atoms with Gasteiger partial charge in [-0.15, -0.1) is 0 Å². The van der Waals surface area contributed by atoms with Crippen LogP contribution in [0.2, 0.25) is 0 Å². The van der Waals surface area contributed by atoms with E-state index in [2.05, 4.69) is 36.0 Å². The first-order chi connectivity index (χ1) is 18.3. The van der Waals surface area contributed by atoms with Gasteiger partial charge in [0.1, 0.15) is 0 Å². The number of carbonyl (C=O) groups excluding carboxylic acids is 2. The fourth-order valence-corrected chi connectivity index (χ4v) is 5.47. The number of allylic oxidation sites excluding steroid dienone is 1. The Morgan fingerprint density at radius 1 is 1.11 bits per heavy atom. The summed E-state index contributed by atoms with van der Waals surface area (Å²) in [5.41, 5.74) is 4.86. The molecule has 2 aliphatic heterocycles. The summed E-state index contributed by atoms with van der Waals surface area (Å²) in [6, 6.07) is 5.69. The third kappa shape index (κ3) is 8.87. The molecule has 3 N–H and O–H groups in total. The maximum atomic E-state index is 13.0. The highest BCUT2D eigenvalue weighted by atomic mass is 16.5. The number of fused-ring (bicyclic) bond motifs is 1. The van der Waals surface area contributed by atoms with Crippen LogP contribution in [0.1, 0.15) is 88.4 Å². The van der Waals surface area contributed by atoms with E-state index in [1.807, 2.05) is 38.1 Å². The van der Waals surface area contributed by atoms with Crippen molar-refractivity contribution < 1.29 is 18.6 Å².